The van der Waals surface area contributed by atoms with Crippen molar-refractivity contribution in [2.45, 2.75) is 51.6 Å². The number of hydrogen-bond donors (Lipinski definition) is 1. The minimum Gasteiger partial charge on any atom is -0.353 e. The first kappa shape index (κ1) is 14.3. The average molecular weight is 338 g/mol. The summed E-state index contributed by atoms with van der Waals surface area (Å²) in [4.78, 5) is 7.33. The van der Waals surface area contributed by atoms with Crippen molar-refractivity contribution in [3.63, 3.8) is 0 Å². The van der Waals surface area contributed by atoms with Crippen molar-refractivity contribution in [1.82, 2.24) is 10.3 Å². The number of pyridine rings is 1. The first-order chi connectivity index (χ1) is 9.79. The van der Waals surface area contributed by atoms with Gasteiger partial charge in [0.1, 0.15) is 5.82 Å². The number of nitrogens with one attached hydrogen (secondary N) is 1. The van der Waals surface area contributed by atoms with Crippen LogP contribution >= 0.6 is 15.9 Å². The number of hydrogen-bond acceptors (Lipinski definition) is 3. The largest absolute Gasteiger partial charge is 0.353 e. The Hall–Kier alpha value is -0.610. The molecule has 3 rings (SSSR count). The Kier molecular flexibility index (Phi) is 4.61. The summed E-state index contributed by atoms with van der Waals surface area (Å²) in [5, 5.41) is 3.44. The molecule has 1 N–H and O–H groups in total. The van der Waals surface area contributed by atoms with Crippen molar-refractivity contribution in [2.24, 2.45) is 5.92 Å². The SMILES string of the molecule is CCNCc1cc(Br)cnc1N1CCC2CCCCC21. The predicted octanol–water partition coefficient (Wildman–Crippen LogP) is 3.72. The molecule has 1 saturated carbocycles. The maximum atomic E-state index is 4.74. The molecule has 2 aliphatic rings. The minimum absolute atomic E-state index is 0.734. The van der Waals surface area contributed by atoms with Crippen LogP contribution in [0.25, 0.3) is 0 Å². The van der Waals surface area contributed by atoms with Crippen LogP contribution in [-0.4, -0.2) is 24.1 Å². The smallest absolute Gasteiger partial charge is 0.133 e. The van der Waals surface area contributed by atoms with E-state index in [1.807, 2.05) is 6.20 Å². The van der Waals surface area contributed by atoms with E-state index in [1.165, 1.54) is 50.0 Å². The van der Waals surface area contributed by atoms with Crippen LogP contribution in [-0.2, 0) is 6.54 Å². The molecule has 3 nitrogen and oxygen atoms in total. The zero-order valence-electron chi connectivity index (χ0n) is 12.2. The van der Waals surface area contributed by atoms with Gasteiger partial charge in [-0.05, 0) is 53.7 Å². The van der Waals surface area contributed by atoms with Gasteiger partial charge in [0.2, 0.25) is 0 Å². The topological polar surface area (TPSA) is 28.2 Å². The monoisotopic (exact) mass is 337 g/mol. The molecule has 0 aromatic carbocycles. The molecule has 4 heteroatoms. The number of fused-ring (bicyclic) bond motifs is 1. The van der Waals surface area contributed by atoms with E-state index in [4.69, 9.17) is 4.98 Å². The van der Waals surface area contributed by atoms with Gasteiger partial charge in [0, 0.05) is 35.4 Å². The van der Waals surface area contributed by atoms with E-state index in [0.29, 0.717) is 0 Å². The summed E-state index contributed by atoms with van der Waals surface area (Å²) in [5.41, 5.74) is 1.33. The lowest BCUT2D eigenvalue weighted by molar-refractivity contribution is 0.341. The Bertz CT molecular complexity index is 463. The van der Waals surface area contributed by atoms with E-state index in [-0.39, 0.29) is 0 Å². The van der Waals surface area contributed by atoms with E-state index in [0.717, 1.165) is 29.5 Å². The Labute approximate surface area is 130 Å². The van der Waals surface area contributed by atoms with Crippen LogP contribution < -0.4 is 10.2 Å². The maximum Gasteiger partial charge on any atom is 0.133 e. The summed E-state index contributed by atoms with van der Waals surface area (Å²) in [6.07, 6.45) is 8.87. The summed E-state index contributed by atoms with van der Waals surface area (Å²) >= 11 is 3.56. The molecule has 2 fully saturated rings. The Morgan fingerprint density at radius 2 is 2.20 bits per heavy atom. The quantitative estimate of drug-likeness (QED) is 0.907. The van der Waals surface area contributed by atoms with E-state index >= 15 is 0 Å². The Morgan fingerprint density at radius 1 is 1.35 bits per heavy atom. The summed E-state index contributed by atoms with van der Waals surface area (Å²) in [5.74, 6) is 2.12. The zero-order chi connectivity index (χ0) is 13.9. The normalized spacial score (nSPS) is 25.8. The average Bonchev–Trinajstić information content (AvgIpc) is 2.89. The third kappa shape index (κ3) is 2.86. The Morgan fingerprint density at radius 3 is 3.05 bits per heavy atom. The molecule has 0 spiro atoms. The highest BCUT2D eigenvalue weighted by atomic mass is 79.9. The van der Waals surface area contributed by atoms with Crippen LogP contribution in [0.5, 0.6) is 0 Å². The number of aromatic nitrogens is 1. The highest BCUT2D eigenvalue weighted by Crippen LogP contribution is 2.39. The zero-order valence-corrected chi connectivity index (χ0v) is 13.8. The molecule has 0 bridgehead atoms. The fourth-order valence-electron chi connectivity index (χ4n) is 3.79. The van der Waals surface area contributed by atoms with Crippen molar-refractivity contribution >= 4 is 21.7 Å². The van der Waals surface area contributed by atoms with Crippen LogP contribution in [0.15, 0.2) is 16.7 Å². The van der Waals surface area contributed by atoms with Crippen molar-refractivity contribution in [3.8, 4) is 0 Å². The van der Waals surface area contributed by atoms with Gasteiger partial charge >= 0.3 is 0 Å². The molecule has 110 valence electrons. The molecule has 0 radical (unpaired) electrons. The molecule has 20 heavy (non-hydrogen) atoms. The summed E-state index contributed by atoms with van der Waals surface area (Å²) in [7, 11) is 0. The van der Waals surface area contributed by atoms with Gasteiger partial charge in [-0.1, -0.05) is 19.8 Å². The van der Waals surface area contributed by atoms with E-state index in [2.05, 4.69) is 39.1 Å². The highest BCUT2D eigenvalue weighted by molar-refractivity contribution is 9.10. The van der Waals surface area contributed by atoms with E-state index in [9.17, 15) is 0 Å². The maximum absolute atomic E-state index is 4.74. The van der Waals surface area contributed by atoms with Crippen molar-refractivity contribution in [1.29, 1.82) is 0 Å². The summed E-state index contributed by atoms with van der Waals surface area (Å²) < 4.78 is 1.08. The van der Waals surface area contributed by atoms with Gasteiger partial charge in [0.15, 0.2) is 0 Å². The molecule has 0 amide bonds. The summed E-state index contributed by atoms with van der Waals surface area (Å²) in [6.45, 7) is 5.24. The molecule has 1 aliphatic heterocycles. The molecular weight excluding hydrogens is 314 g/mol. The molecular formula is C16H24BrN3. The van der Waals surface area contributed by atoms with Crippen LogP contribution in [0.1, 0.15) is 44.6 Å². The lowest BCUT2D eigenvalue weighted by Crippen LogP contribution is -2.36. The molecule has 1 aromatic rings. The van der Waals surface area contributed by atoms with Crippen LogP contribution in [0.4, 0.5) is 5.82 Å². The predicted molar refractivity (Wildman–Crippen MR) is 87.0 cm³/mol. The second-order valence-electron chi connectivity index (χ2n) is 6.01. The third-order valence-corrected chi connectivity index (χ3v) is 5.19. The van der Waals surface area contributed by atoms with Gasteiger partial charge in [0.25, 0.3) is 0 Å². The minimum atomic E-state index is 0.734. The van der Waals surface area contributed by atoms with Crippen LogP contribution in [0.2, 0.25) is 0 Å². The fraction of sp³-hybridized carbons (Fsp3) is 0.688. The van der Waals surface area contributed by atoms with Gasteiger partial charge in [-0.15, -0.1) is 0 Å². The standard InChI is InChI=1S/C16H24BrN3/c1-2-18-10-13-9-14(17)11-19-16(13)20-8-7-12-5-3-4-6-15(12)20/h9,11-12,15,18H,2-8,10H2,1H3. The van der Waals surface area contributed by atoms with Crippen molar-refractivity contribution in [2.75, 3.05) is 18.0 Å². The van der Waals surface area contributed by atoms with Crippen LogP contribution in [0, 0.1) is 5.92 Å². The van der Waals surface area contributed by atoms with E-state index in [1.54, 1.807) is 0 Å². The fourth-order valence-corrected chi connectivity index (χ4v) is 4.17. The van der Waals surface area contributed by atoms with Gasteiger partial charge in [-0.2, -0.15) is 0 Å². The Balaban J connectivity index is 1.85. The van der Waals surface area contributed by atoms with Crippen LogP contribution in [0.3, 0.4) is 0 Å². The van der Waals surface area contributed by atoms with Crippen molar-refractivity contribution < 1.29 is 0 Å². The molecule has 2 atom stereocenters. The number of halogens is 1. The molecule has 1 saturated heterocycles. The number of nitrogens with zero attached hydrogens (tertiary/aromatic N) is 2. The van der Waals surface area contributed by atoms with Gasteiger partial charge < -0.3 is 10.2 Å². The highest BCUT2D eigenvalue weighted by Gasteiger charge is 2.36. The lowest BCUT2D eigenvalue weighted by atomic mass is 9.85. The first-order valence-corrected chi connectivity index (χ1v) is 8.70. The summed E-state index contributed by atoms with van der Waals surface area (Å²) in [6, 6.07) is 2.96. The number of anilines is 1. The van der Waals surface area contributed by atoms with Gasteiger partial charge in [-0.3, -0.25) is 0 Å². The number of rotatable bonds is 4. The second kappa shape index (κ2) is 6.44. The van der Waals surface area contributed by atoms with Gasteiger partial charge in [-0.25, -0.2) is 4.98 Å². The molecule has 1 aliphatic carbocycles. The lowest BCUT2D eigenvalue weighted by Gasteiger charge is -2.33. The van der Waals surface area contributed by atoms with E-state index < -0.39 is 0 Å². The molecule has 2 heterocycles. The first-order valence-electron chi connectivity index (χ1n) is 7.91. The van der Waals surface area contributed by atoms with Gasteiger partial charge in [0.05, 0.1) is 0 Å². The molecule has 2 unspecified atom stereocenters. The third-order valence-electron chi connectivity index (χ3n) is 4.76. The molecule has 1 aromatic heterocycles. The van der Waals surface area contributed by atoms with Crippen molar-refractivity contribution in [3.05, 3.63) is 22.3 Å². The second-order valence-corrected chi connectivity index (χ2v) is 6.93.